The molecule has 0 spiro atoms. The molecule has 2 aromatic carbocycles. The van der Waals surface area contributed by atoms with Crippen molar-refractivity contribution in [2.24, 2.45) is 0 Å². The molecule has 1 aliphatic rings. The van der Waals surface area contributed by atoms with Crippen molar-refractivity contribution in [2.45, 2.75) is 38.1 Å². The number of nitrogens with one attached hydrogen (secondary N) is 2. The Bertz CT molecular complexity index is 723. The normalized spacial score (nSPS) is 15.3. The van der Waals surface area contributed by atoms with E-state index in [0.717, 1.165) is 30.0 Å². The molecule has 26 heavy (non-hydrogen) atoms. The molecule has 0 radical (unpaired) electrons. The van der Waals surface area contributed by atoms with Crippen molar-refractivity contribution in [2.75, 3.05) is 19.0 Å². The van der Waals surface area contributed by atoms with Crippen molar-refractivity contribution >= 4 is 23.0 Å². The van der Waals surface area contributed by atoms with E-state index in [9.17, 15) is 0 Å². The second-order valence-electron chi connectivity index (χ2n) is 6.55. The van der Waals surface area contributed by atoms with Gasteiger partial charge < -0.3 is 20.1 Å². The quantitative estimate of drug-likeness (QED) is 0.712. The highest BCUT2D eigenvalue weighted by Crippen LogP contribution is 2.39. The maximum Gasteiger partial charge on any atom is 0.171 e. The number of rotatable bonds is 6. The maximum atomic E-state index is 5.59. The molecule has 0 heterocycles. The minimum Gasteiger partial charge on any atom is -0.497 e. The monoisotopic (exact) mass is 370 g/mol. The summed E-state index contributed by atoms with van der Waals surface area (Å²) in [7, 11) is 1.66. The molecular formula is C21H26N2O2S. The Morgan fingerprint density at radius 1 is 1.00 bits per heavy atom. The second-order valence-corrected chi connectivity index (χ2v) is 6.96. The Kier molecular flexibility index (Phi) is 5.99. The van der Waals surface area contributed by atoms with Crippen LogP contribution in [0.25, 0.3) is 0 Å². The molecule has 2 aromatic rings. The van der Waals surface area contributed by atoms with E-state index in [1.807, 2.05) is 43.3 Å². The Hall–Kier alpha value is -2.27. The number of thiocarbonyl (C=S) groups is 1. The molecule has 0 saturated heterocycles. The number of hydrogen-bond acceptors (Lipinski definition) is 3. The molecular weight excluding hydrogens is 344 g/mol. The van der Waals surface area contributed by atoms with Crippen molar-refractivity contribution in [1.29, 1.82) is 0 Å². The Morgan fingerprint density at radius 2 is 1.62 bits per heavy atom. The van der Waals surface area contributed by atoms with Gasteiger partial charge in [-0.25, -0.2) is 0 Å². The predicted molar refractivity (Wildman–Crippen MR) is 110 cm³/mol. The van der Waals surface area contributed by atoms with Crippen LogP contribution in [0.2, 0.25) is 0 Å². The molecule has 5 heteroatoms. The highest BCUT2D eigenvalue weighted by atomic mass is 32.1. The average Bonchev–Trinajstić information content (AvgIpc) is 3.12. The highest BCUT2D eigenvalue weighted by Gasteiger charge is 2.36. The summed E-state index contributed by atoms with van der Waals surface area (Å²) < 4.78 is 10.8. The number of benzene rings is 2. The Morgan fingerprint density at radius 3 is 2.19 bits per heavy atom. The molecule has 4 nitrogen and oxygen atoms in total. The fourth-order valence-electron chi connectivity index (χ4n) is 3.56. The molecule has 3 rings (SSSR count). The zero-order chi connectivity index (χ0) is 18.4. The van der Waals surface area contributed by atoms with E-state index in [1.54, 1.807) is 7.11 Å². The Balaban J connectivity index is 1.71. The molecule has 1 aliphatic carbocycles. The molecule has 0 aliphatic heterocycles. The van der Waals surface area contributed by atoms with Crippen LogP contribution >= 0.6 is 12.2 Å². The fraction of sp³-hybridized carbons (Fsp3) is 0.381. The van der Waals surface area contributed by atoms with E-state index in [1.165, 1.54) is 18.4 Å². The van der Waals surface area contributed by atoms with Crippen LogP contribution in [0.5, 0.6) is 11.5 Å². The fourth-order valence-corrected chi connectivity index (χ4v) is 3.87. The minimum atomic E-state index is -0.110. The zero-order valence-corrected chi connectivity index (χ0v) is 16.2. The average molecular weight is 371 g/mol. The van der Waals surface area contributed by atoms with Gasteiger partial charge in [-0.15, -0.1) is 0 Å². The third-order valence-corrected chi connectivity index (χ3v) is 5.08. The summed E-state index contributed by atoms with van der Waals surface area (Å²) in [5.41, 5.74) is 2.10. The summed E-state index contributed by atoms with van der Waals surface area (Å²) in [5, 5.41) is 7.52. The van der Waals surface area contributed by atoms with Crippen LogP contribution in [0.15, 0.2) is 48.5 Å². The number of methoxy groups -OCH3 is 1. The van der Waals surface area contributed by atoms with Crippen LogP contribution in [-0.4, -0.2) is 18.8 Å². The van der Waals surface area contributed by atoms with Gasteiger partial charge in [0.15, 0.2) is 5.11 Å². The van der Waals surface area contributed by atoms with E-state index in [-0.39, 0.29) is 5.54 Å². The van der Waals surface area contributed by atoms with E-state index in [0.29, 0.717) is 11.7 Å². The first-order chi connectivity index (χ1) is 12.6. The topological polar surface area (TPSA) is 42.5 Å². The van der Waals surface area contributed by atoms with Crippen molar-refractivity contribution in [3.63, 3.8) is 0 Å². The number of anilines is 1. The summed E-state index contributed by atoms with van der Waals surface area (Å²) in [6, 6.07) is 16.2. The molecule has 0 bridgehead atoms. The van der Waals surface area contributed by atoms with Crippen LogP contribution in [0.3, 0.4) is 0 Å². The van der Waals surface area contributed by atoms with Gasteiger partial charge in [-0.2, -0.15) is 0 Å². The molecule has 2 N–H and O–H groups in total. The summed E-state index contributed by atoms with van der Waals surface area (Å²) in [5.74, 6) is 1.74. The smallest absolute Gasteiger partial charge is 0.171 e. The minimum absolute atomic E-state index is 0.110. The first-order valence-corrected chi connectivity index (χ1v) is 9.52. The van der Waals surface area contributed by atoms with Crippen molar-refractivity contribution in [3.05, 3.63) is 54.1 Å². The number of hydrogen-bond donors (Lipinski definition) is 2. The van der Waals surface area contributed by atoms with Gasteiger partial charge in [-0.05, 0) is 73.9 Å². The highest BCUT2D eigenvalue weighted by molar-refractivity contribution is 7.80. The first-order valence-electron chi connectivity index (χ1n) is 9.12. The van der Waals surface area contributed by atoms with Crippen molar-refractivity contribution in [1.82, 2.24) is 5.32 Å². The van der Waals surface area contributed by atoms with Crippen LogP contribution in [-0.2, 0) is 5.54 Å². The Labute approximate surface area is 160 Å². The van der Waals surface area contributed by atoms with Gasteiger partial charge in [-0.3, -0.25) is 0 Å². The summed E-state index contributed by atoms with van der Waals surface area (Å²) in [6.07, 6.45) is 4.55. The predicted octanol–water partition coefficient (Wildman–Crippen LogP) is 4.85. The lowest BCUT2D eigenvalue weighted by atomic mass is 9.88. The second kappa shape index (κ2) is 8.41. The van der Waals surface area contributed by atoms with E-state index in [2.05, 4.69) is 22.8 Å². The summed E-state index contributed by atoms with van der Waals surface area (Å²) in [6.45, 7) is 2.68. The molecule has 0 aromatic heterocycles. The van der Waals surface area contributed by atoms with Crippen LogP contribution < -0.4 is 20.1 Å². The van der Waals surface area contributed by atoms with Gasteiger partial charge in [0.25, 0.3) is 0 Å². The number of ether oxygens (including phenoxy) is 2. The van der Waals surface area contributed by atoms with E-state index >= 15 is 0 Å². The first kappa shape index (κ1) is 18.5. The van der Waals surface area contributed by atoms with Crippen LogP contribution in [0.4, 0.5) is 5.69 Å². The van der Waals surface area contributed by atoms with E-state index in [4.69, 9.17) is 21.7 Å². The lowest BCUT2D eigenvalue weighted by molar-refractivity contribution is 0.339. The zero-order valence-electron chi connectivity index (χ0n) is 15.4. The SMILES string of the molecule is CCOc1ccc(C2(NC(=S)Nc3ccc(OC)cc3)CCCC2)cc1. The van der Waals surface area contributed by atoms with Gasteiger partial charge in [0.2, 0.25) is 0 Å². The molecule has 0 unspecified atom stereocenters. The molecule has 0 amide bonds. The largest absolute Gasteiger partial charge is 0.497 e. The lowest BCUT2D eigenvalue weighted by Gasteiger charge is -2.32. The molecule has 1 saturated carbocycles. The van der Waals surface area contributed by atoms with E-state index < -0.39 is 0 Å². The summed E-state index contributed by atoms with van der Waals surface area (Å²) >= 11 is 5.59. The molecule has 138 valence electrons. The van der Waals surface area contributed by atoms with Gasteiger partial charge in [0.1, 0.15) is 11.5 Å². The standard InChI is InChI=1S/C21H26N2O2S/c1-3-25-19-10-6-16(7-11-19)21(14-4-5-15-21)23-20(26)22-17-8-12-18(24-2)13-9-17/h6-13H,3-5,14-15H2,1-2H3,(H2,22,23,26). The van der Waals surface area contributed by atoms with Crippen LogP contribution in [0, 0.1) is 0 Å². The molecule has 0 atom stereocenters. The molecule has 1 fully saturated rings. The van der Waals surface area contributed by atoms with Crippen molar-refractivity contribution in [3.8, 4) is 11.5 Å². The summed E-state index contributed by atoms with van der Waals surface area (Å²) in [4.78, 5) is 0. The van der Waals surface area contributed by atoms with Crippen molar-refractivity contribution < 1.29 is 9.47 Å². The maximum absolute atomic E-state index is 5.59. The third-order valence-electron chi connectivity index (χ3n) is 4.88. The third kappa shape index (κ3) is 4.28. The van der Waals surface area contributed by atoms with Gasteiger partial charge >= 0.3 is 0 Å². The van der Waals surface area contributed by atoms with Gasteiger partial charge in [-0.1, -0.05) is 25.0 Å². The van der Waals surface area contributed by atoms with Gasteiger partial charge in [0, 0.05) is 5.69 Å². The van der Waals surface area contributed by atoms with Gasteiger partial charge in [0.05, 0.1) is 19.3 Å². The van der Waals surface area contributed by atoms with Crippen LogP contribution in [0.1, 0.15) is 38.2 Å². The lowest BCUT2D eigenvalue weighted by Crippen LogP contribution is -2.45.